The molecule has 2 unspecified atom stereocenters. The lowest BCUT2D eigenvalue weighted by molar-refractivity contribution is -0.00645. The molecule has 2 aromatic rings. The number of methoxy groups -OCH3 is 1. The molecule has 2 atom stereocenters. The Morgan fingerprint density at radius 2 is 1.85 bits per heavy atom. The van der Waals surface area contributed by atoms with Crippen LogP contribution in [0.5, 0.6) is 5.75 Å². The molecule has 1 heterocycles. The fraction of sp³-hybridized carbons (Fsp3) is 0.500. The Bertz CT molecular complexity index is 937. The van der Waals surface area contributed by atoms with E-state index in [1.807, 2.05) is 18.2 Å². The van der Waals surface area contributed by atoms with Gasteiger partial charge in [-0.15, -0.1) is 0 Å². The van der Waals surface area contributed by atoms with Crippen molar-refractivity contribution in [3.63, 3.8) is 0 Å². The van der Waals surface area contributed by atoms with E-state index in [1.165, 1.54) is 12.1 Å². The SMILES string of the molecule is COc1cccc(CC2(O)/C(=C\c3ccc(F)cc3)CCCCC2CN2CCN(C)CC2)c1. The van der Waals surface area contributed by atoms with Gasteiger partial charge in [0, 0.05) is 45.1 Å². The lowest BCUT2D eigenvalue weighted by Crippen LogP contribution is -2.51. The largest absolute Gasteiger partial charge is 0.497 e. The lowest BCUT2D eigenvalue weighted by Gasteiger charge is -2.42. The normalized spacial score (nSPS) is 26.3. The van der Waals surface area contributed by atoms with E-state index < -0.39 is 5.60 Å². The third-order valence-electron chi connectivity index (χ3n) is 7.37. The Hall–Kier alpha value is -2.21. The Morgan fingerprint density at radius 1 is 1.09 bits per heavy atom. The van der Waals surface area contributed by atoms with Crippen molar-refractivity contribution in [1.82, 2.24) is 9.80 Å². The molecule has 2 aromatic carbocycles. The molecule has 1 N–H and O–H groups in total. The van der Waals surface area contributed by atoms with Gasteiger partial charge in [-0.25, -0.2) is 4.39 Å². The minimum Gasteiger partial charge on any atom is -0.497 e. The summed E-state index contributed by atoms with van der Waals surface area (Å²) < 4.78 is 18.9. The highest BCUT2D eigenvalue weighted by Gasteiger charge is 2.42. The molecule has 1 aliphatic carbocycles. The number of aliphatic hydroxyl groups is 1. The summed E-state index contributed by atoms with van der Waals surface area (Å²) >= 11 is 0. The van der Waals surface area contributed by atoms with E-state index in [4.69, 9.17) is 4.74 Å². The van der Waals surface area contributed by atoms with Crippen molar-refractivity contribution in [1.29, 1.82) is 0 Å². The van der Waals surface area contributed by atoms with Gasteiger partial charge in [-0.05, 0) is 67.3 Å². The van der Waals surface area contributed by atoms with Crippen molar-refractivity contribution < 1.29 is 14.2 Å². The van der Waals surface area contributed by atoms with Crippen LogP contribution in [0.25, 0.3) is 6.08 Å². The number of likely N-dealkylation sites (N-methyl/N-ethyl adjacent to an activating group) is 1. The second-order valence-electron chi connectivity index (χ2n) is 9.72. The molecule has 5 heteroatoms. The standard InChI is InChI=1S/C28H37FN2O2/c1-30-14-16-31(17-15-30)21-25-8-4-3-7-24(18-22-10-12-26(29)13-11-22)28(25,32)20-23-6-5-9-27(19-23)33-2/h5-6,9-13,18-19,25,32H,3-4,7-8,14-17,20-21H2,1-2H3/b24-18-. The van der Waals surface area contributed by atoms with Gasteiger partial charge in [-0.3, -0.25) is 0 Å². The smallest absolute Gasteiger partial charge is 0.123 e. The van der Waals surface area contributed by atoms with Gasteiger partial charge in [-0.1, -0.05) is 36.8 Å². The molecule has 1 saturated heterocycles. The van der Waals surface area contributed by atoms with Crippen molar-refractivity contribution >= 4 is 6.08 Å². The quantitative estimate of drug-likeness (QED) is 0.649. The number of piperazine rings is 1. The Labute approximate surface area is 197 Å². The van der Waals surface area contributed by atoms with Crippen LogP contribution in [-0.2, 0) is 6.42 Å². The van der Waals surface area contributed by atoms with Crippen LogP contribution < -0.4 is 4.74 Å². The van der Waals surface area contributed by atoms with E-state index in [0.717, 1.165) is 80.9 Å². The number of nitrogens with zero attached hydrogens (tertiary/aromatic N) is 2. The number of ether oxygens (including phenoxy) is 1. The molecule has 0 bridgehead atoms. The monoisotopic (exact) mass is 452 g/mol. The molecule has 178 valence electrons. The third kappa shape index (κ3) is 6.03. The van der Waals surface area contributed by atoms with Crippen molar-refractivity contribution in [2.24, 2.45) is 5.92 Å². The van der Waals surface area contributed by atoms with Gasteiger partial charge in [0.15, 0.2) is 0 Å². The minimum absolute atomic E-state index is 0.140. The first-order chi connectivity index (χ1) is 16.0. The molecule has 4 rings (SSSR count). The van der Waals surface area contributed by atoms with E-state index >= 15 is 0 Å². The topological polar surface area (TPSA) is 35.9 Å². The number of hydrogen-bond donors (Lipinski definition) is 1. The molecule has 4 nitrogen and oxygen atoms in total. The number of rotatable bonds is 6. The maximum absolute atomic E-state index is 13.5. The second-order valence-corrected chi connectivity index (χ2v) is 9.72. The van der Waals surface area contributed by atoms with Gasteiger partial charge in [0.05, 0.1) is 12.7 Å². The summed E-state index contributed by atoms with van der Waals surface area (Å²) in [6.45, 7) is 5.12. The lowest BCUT2D eigenvalue weighted by atomic mass is 9.74. The van der Waals surface area contributed by atoms with Gasteiger partial charge < -0.3 is 19.6 Å². The molecular weight excluding hydrogens is 415 g/mol. The summed E-state index contributed by atoms with van der Waals surface area (Å²) in [6.07, 6.45) is 6.69. The molecular formula is C28H37FN2O2. The van der Waals surface area contributed by atoms with Crippen LogP contribution >= 0.6 is 0 Å². The summed E-state index contributed by atoms with van der Waals surface area (Å²) in [6, 6.07) is 14.6. The number of halogens is 1. The fourth-order valence-electron chi connectivity index (χ4n) is 5.32. The average Bonchev–Trinajstić information content (AvgIpc) is 2.96. The molecule has 2 fully saturated rings. The van der Waals surface area contributed by atoms with Crippen molar-refractivity contribution in [2.45, 2.75) is 37.7 Å². The van der Waals surface area contributed by atoms with Crippen molar-refractivity contribution in [3.05, 3.63) is 71.0 Å². The van der Waals surface area contributed by atoms with E-state index in [-0.39, 0.29) is 11.7 Å². The molecule has 0 radical (unpaired) electrons. The summed E-state index contributed by atoms with van der Waals surface area (Å²) in [7, 11) is 3.85. The first-order valence-electron chi connectivity index (χ1n) is 12.2. The van der Waals surface area contributed by atoms with Crippen molar-refractivity contribution in [2.75, 3.05) is 46.9 Å². The average molecular weight is 453 g/mol. The Morgan fingerprint density at radius 3 is 2.58 bits per heavy atom. The van der Waals surface area contributed by atoms with E-state index in [0.29, 0.717) is 6.42 Å². The van der Waals surface area contributed by atoms with E-state index in [1.54, 1.807) is 19.2 Å². The van der Waals surface area contributed by atoms with E-state index in [9.17, 15) is 9.50 Å². The van der Waals surface area contributed by atoms with Crippen LogP contribution in [0.15, 0.2) is 54.1 Å². The minimum atomic E-state index is -0.958. The summed E-state index contributed by atoms with van der Waals surface area (Å²) in [5.74, 6) is 0.711. The molecule has 0 aromatic heterocycles. The molecule has 0 spiro atoms. The summed E-state index contributed by atoms with van der Waals surface area (Å²) in [4.78, 5) is 4.88. The van der Waals surface area contributed by atoms with Gasteiger partial charge >= 0.3 is 0 Å². The highest BCUT2D eigenvalue weighted by molar-refractivity contribution is 5.56. The molecule has 33 heavy (non-hydrogen) atoms. The van der Waals surface area contributed by atoms with Gasteiger partial charge in [0.1, 0.15) is 11.6 Å². The van der Waals surface area contributed by atoms with Crippen LogP contribution in [-0.4, -0.2) is 67.4 Å². The van der Waals surface area contributed by atoms with Gasteiger partial charge in [-0.2, -0.15) is 0 Å². The predicted molar refractivity (Wildman–Crippen MR) is 132 cm³/mol. The highest BCUT2D eigenvalue weighted by atomic mass is 19.1. The summed E-state index contributed by atoms with van der Waals surface area (Å²) in [5, 5.41) is 12.5. The zero-order valence-corrected chi connectivity index (χ0v) is 20.0. The molecule has 1 aliphatic heterocycles. The van der Waals surface area contributed by atoms with Crippen molar-refractivity contribution in [3.8, 4) is 5.75 Å². The van der Waals surface area contributed by atoms with Crippen LogP contribution in [0.4, 0.5) is 4.39 Å². The maximum Gasteiger partial charge on any atom is 0.123 e. The Kier molecular flexibility index (Phi) is 7.84. The first kappa shape index (κ1) is 23.9. The van der Waals surface area contributed by atoms with Crippen LogP contribution in [0, 0.1) is 11.7 Å². The number of hydrogen-bond acceptors (Lipinski definition) is 4. The fourth-order valence-corrected chi connectivity index (χ4v) is 5.32. The zero-order valence-electron chi connectivity index (χ0n) is 20.0. The molecule has 2 aliphatic rings. The van der Waals surface area contributed by atoms with E-state index in [2.05, 4.69) is 29.0 Å². The van der Waals surface area contributed by atoms with Crippen LogP contribution in [0.3, 0.4) is 0 Å². The zero-order chi connectivity index (χ0) is 23.3. The van der Waals surface area contributed by atoms with Crippen LogP contribution in [0.2, 0.25) is 0 Å². The maximum atomic E-state index is 13.5. The predicted octanol–water partition coefficient (Wildman–Crippen LogP) is 4.63. The van der Waals surface area contributed by atoms with Gasteiger partial charge in [0.2, 0.25) is 0 Å². The van der Waals surface area contributed by atoms with Crippen LogP contribution in [0.1, 0.15) is 36.8 Å². The Balaban J connectivity index is 1.68. The first-order valence-corrected chi connectivity index (χ1v) is 12.2. The number of benzene rings is 2. The third-order valence-corrected chi connectivity index (χ3v) is 7.37. The molecule has 0 amide bonds. The van der Waals surface area contributed by atoms with Gasteiger partial charge in [0.25, 0.3) is 0 Å². The second kappa shape index (κ2) is 10.8. The summed E-state index contributed by atoms with van der Waals surface area (Å²) in [5.41, 5.74) is 2.12. The molecule has 1 saturated carbocycles. The highest BCUT2D eigenvalue weighted by Crippen LogP contribution is 2.41.